The second-order valence-corrected chi connectivity index (χ2v) is 8.69. The van der Waals surface area contributed by atoms with E-state index in [-0.39, 0.29) is 6.04 Å². The molecule has 0 bridgehead atoms. The van der Waals surface area contributed by atoms with Crippen molar-refractivity contribution in [1.82, 2.24) is 20.2 Å². The third-order valence-electron chi connectivity index (χ3n) is 6.24. The summed E-state index contributed by atoms with van der Waals surface area (Å²) in [6.07, 6.45) is 8.88. The van der Waals surface area contributed by atoms with Gasteiger partial charge in [-0.15, -0.1) is 0 Å². The molecule has 32 heavy (non-hydrogen) atoms. The summed E-state index contributed by atoms with van der Waals surface area (Å²) in [6, 6.07) is 16.6. The van der Waals surface area contributed by atoms with Gasteiger partial charge in [-0.05, 0) is 54.7 Å². The van der Waals surface area contributed by atoms with Crippen molar-refractivity contribution < 1.29 is 4.74 Å². The smallest absolute Gasteiger partial charge is 0.138 e. The molecule has 0 aliphatic heterocycles. The summed E-state index contributed by atoms with van der Waals surface area (Å²) in [7, 11) is 0. The molecule has 6 heteroatoms. The highest BCUT2D eigenvalue weighted by atomic mass is 16.5. The first-order valence-electron chi connectivity index (χ1n) is 11.1. The van der Waals surface area contributed by atoms with E-state index >= 15 is 0 Å². The van der Waals surface area contributed by atoms with Crippen molar-refractivity contribution in [2.75, 3.05) is 6.61 Å². The zero-order chi connectivity index (χ0) is 21.5. The first-order chi connectivity index (χ1) is 15.7. The molecule has 0 radical (unpaired) electrons. The van der Waals surface area contributed by atoms with Crippen LogP contribution in [0.3, 0.4) is 0 Å². The van der Waals surface area contributed by atoms with E-state index in [1.807, 2.05) is 30.6 Å². The topological polar surface area (TPSA) is 92.6 Å². The second kappa shape index (κ2) is 7.80. The molecule has 3 heterocycles. The number of rotatable bonds is 7. The largest absolute Gasteiger partial charge is 0.490 e. The molecule has 1 atom stereocenters. The van der Waals surface area contributed by atoms with Crippen molar-refractivity contribution in [2.45, 2.75) is 31.2 Å². The lowest BCUT2D eigenvalue weighted by Crippen LogP contribution is -2.30. The fraction of sp³-hybridized carbons (Fsp3) is 0.231. The maximum Gasteiger partial charge on any atom is 0.138 e. The lowest BCUT2D eigenvalue weighted by Gasteiger charge is -2.13. The van der Waals surface area contributed by atoms with Gasteiger partial charge in [-0.2, -0.15) is 5.10 Å². The van der Waals surface area contributed by atoms with Gasteiger partial charge in [-0.3, -0.25) is 10.1 Å². The summed E-state index contributed by atoms with van der Waals surface area (Å²) in [5, 5.41) is 10.1. The quantitative estimate of drug-likeness (QED) is 0.346. The number of aromatic amines is 2. The average molecular weight is 424 g/mol. The van der Waals surface area contributed by atoms with E-state index in [0.717, 1.165) is 34.3 Å². The number of nitrogens with one attached hydrogen (secondary N) is 2. The molecule has 3 aromatic heterocycles. The fourth-order valence-corrected chi connectivity index (χ4v) is 4.39. The predicted molar refractivity (Wildman–Crippen MR) is 127 cm³/mol. The number of benzene rings is 2. The van der Waals surface area contributed by atoms with Gasteiger partial charge in [0.25, 0.3) is 0 Å². The Hall–Kier alpha value is -3.64. The zero-order valence-electron chi connectivity index (χ0n) is 17.7. The lowest BCUT2D eigenvalue weighted by molar-refractivity contribution is 0.287. The number of para-hydroxylation sites is 1. The minimum Gasteiger partial charge on any atom is -0.490 e. The van der Waals surface area contributed by atoms with Crippen molar-refractivity contribution in [1.29, 1.82) is 0 Å². The van der Waals surface area contributed by atoms with Gasteiger partial charge in [0, 0.05) is 51.9 Å². The van der Waals surface area contributed by atoms with Crippen molar-refractivity contribution >= 4 is 21.8 Å². The van der Waals surface area contributed by atoms with Crippen LogP contribution >= 0.6 is 0 Å². The molecule has 2 aromatic carbocycles. The molecule has 1 saturated carbocycles. The van der Waals surface area contributed by atoms with Gasteiger partial charge >= 0.3 is 0 Å². The number of pyridine rings is 1. The van der Waals surface area contributed by atoms with E-state index in [4.69, 9.17) is 10.5 Å². The second-order valence-electron chi connectivity index (χ2n) is 8.69. The molecule has 0 amide bonds. The number of aromatic nitrogens is 4. The van der Waals surface area contributed by atoms with Crippen LogP contribution in [0.1, 0.15) is 30.0 Å². The number of H-pyrrole nitrogens is 2. The van der Waals surface area contributed by atoms with Crippen molar-refractivity contribution in [3.05, 3.63) is 78.4 Å². The third-order valence-corrected chi connectivity index (χ3v) is 6.24. The van der Waals surface area contributed by atoms with Crippen LogP contribution in [0.15, 0.2) is 67.1 Å². The highest BCUT2D eigenvalue weighted by Gasteiger charge is 2.27. The van der Waals surface area contributed by atoms with Gasteiger partial charge < -0.3 is 15.5 Å². The molecular formula is C26H25N5O. The first-order valence-corrected chi connectivity index (χ1v) is 11.1. The standard InChI is InChI=1S/C26H25N5O/c27-20(9-19-13-29-24-4-2-1-3-22(19)24)15-32-21-10-18(12-28-14-21)17-7-8-25-23(11-17)26(31-30-25)16-5-6-16/h1-4,7-8,10-14,16,20,29H,5-6,9,15,27H2,(H,30,31). The van der Waals surface area contributed by atoms with Crippen molar-refractivity contribution in [3.63, 3.8) is 0 Å². The van der Waals surface area contributed by atoms with Crippen LogP contribution in [-0.2, 0) is 6.42 Å². The molecule has 0 spiro atoms. The SMILES string of the molecule is NC(COc1cncc(-c2ccc3n[nH]c(C4CC4)c3c2)c1)Cc1c[nH]c2ccccc12. The summed E-state index contributed by atoms with van der Waals surface area (Å²) < 4.78 is 6.02. The number of ether oxygens (including phenoxy) is 1. The monoisotopic (exact) mass is 423 g/mol. The molecule has 1 aliphatic rings. The van der Waals surface area contributed by atoms with Crippen molar-refractivity contribution in [3.8, 4) is 16.9 Å². The normalized spacial score (nSPS) is 14.8. The molecule has 160 valence electrons. The predicted octanol–water partition coefficient (Wildman–Crippen LogP) is 4.93. The van der Waals surface area contributed by atoms with Crippen LogP contribution in [0, 0.1) is 0 Å². The summed E-state index contributed by atoms with van der Waals surface area (Å²) in [6.45, 7) is 0.428. The van der Waals surface area contributed by atoms with E-state index in [0.29, 0.717) is 12.5 Å². The summed E-state index contributed by atoms with van der Waals surface area (Å²) in [5.74, 6) is 1.35. The molecule has 1 unspecified atom stereocenters. The van der Waals surface area contributed by atoms with Gasteiger partial charge in [0.2, 0.25) is 0 Å². The molecule has 0 saturated heterocycles. The molecule has 1 fully saturated rings. The van der Waals surface area contributed by atoms with Crippen LogP contribution in [0.4, 0.5) is 0 Å². The molecule has 4 N–H and O–H groups in total. The number of hydrogen-bond acceptors (Lipinski definition) is 4. The van der Waals surface area contributed by atoms with Gasteiger partial charge in [0.05, 0.1) is 11.7 Å². The number of nitrogens with two attached hydrogens (primary N) is 1. The Morgan fingerprint density at radius 2 is 1.94 bits per heavy atom. The average Bonchev–Trinajstić information content (AvgIpc) is 3.46. The van der Waals surface area contributed by atoms with Crippen molar-refractivity contribution in [2.24, 2.45) is 5.73 Å². The van der Waals surface area contributed by atoms with Crippen LogP contribution < -0.4 is 10.5 Å². The van der Waals surface area contributed by atoms with Crippen LogP contribution in [0.2, 0.25) is 0 Å². The number of nitrogens with zero attached hydrogens (tertiary/aromatic N) is 2. The van der Waals surface area contributed by atoms with Crippen LogP contribution in [0.25, 0.3) is 32.9 Å². The Morgan fingerprint density at radius 3 is 2.84 bits per heavy atom. The minimum absolute atomic E-state index is 0.110. The van der Waals surface area contributed by atoms with Crippen LogP contribution in [-0.4, -0.2) is 32.8 Å². The van der Waals surface area contributed by atoms with E-state index in [1.54, 1.807) is 6.20 Å². The summed E-state index contributed by atoms with van der Waals surface area (Å²) in [5.41, 5.74) is 13.1. The zero-order valence-corrected chi connectivity index (χ0v) is 17.7. The van der Waals surface area contributed by atoms with Gasteiger partial charge in [0.15, 0.2) is 0 Å². The number of fused-ring (bicyclic) bond motifs is 2. The van der Waals surface area contributed by atoms with E-state index in [1.165, 1.54) is 34.9 Å². The third kappa shape index (κ3) is 3.63. The highest BCUT2D eigenvalue weighted by Crippen LogP contribution is 2.42. The van der Waals surface area contributed by atoms with E-state index in [9.17, 15) is 0 Å². The molecule has 6 nitrogen and oxygen atoms in total. The fourth-order valence-electron chi connectivity index (χ4n) is 4.39. The summed E-state index contributed by atoms with van der Waals surface area (Å²) in [4.78, 5) is 7.70. The maximum absolute atomic E-state index is 6.38. The van der Waals surface area contributed by atoms with E-state index in [2.05, 4.69) is 50.5 Å². The highest BCUT2D eigenvalue weighted by molar-refractivity contribution is 5.87. The Bertz CT molecular complexity index is 1400. The Morgan fingerprint density at radius 1 is 1.03 bits per heavy atom. The van der Waals surface area contributed by atoms with Gasteiger partial charge in [-0.25, -0.2) is 0 Å². The maximum atomic E-state index is 6.38. The summed E-state index contributed by atoms with van der Waals surface area (Å²) >= 11 is 0. The first kappa shape index (κ1) is 19.1. The minimum atomic E-state index is -0.110. The Balaban J connectivity index is 1.17. The van der Waals surface area contributed by atoms with Crippen LogP contribution in [0.5, 0.6) is 5.75 Å². The molecular weight excluding hydrogens is 398 g/mol. The lowest BCUT2D eigenvalue weighted by atomic mass is 10.0. The molecule has 5 aromatic rings. The number of hydrogen-bond donors (Lipinski definition) is 3. The molecule has 6 rings (SSSR count). The Kier molecular flexibility index (Phi) is 4.65. The van der Waals surface area contributed by atoms with E-state index < -0.39 is 0 Å². The molecule has 1 aliphatic carbocycles. The van der Waals surface area contributed by atoms with Gasteiger partial charge in [-0.1, -0.05) is 24.3 Å². The Labute approximate surface area is 185 Å². The van der Waals surface area contributed by atoms with Gasteiger partial charge in [0.1, 0.15) is 12.4 Å².